The van der Waals surface area contributed by atoms with Crippen LogP contribution >= 0.6 is 15.9 Å². The van der Waals surface area contributed by atoms with Gasteiger partial charge in [-0.15, -0.1) is 0 Å². The second kappa shape index (κ2) is 4.14. The third kappa shape index (κ3) is 1.99. The van der Waals surface area contributed by atoms with Crippen LogP contribution in [0.4, 0.5) is 0 Å². The molecule has 1 aromatic rings. The second-order valence-electron chi connectivity index (χ2n) is 3.88. The zero-order chi connectivity index (χ0) is 9.97. The van der Waals surface area contributed by atoms with Crippen LogP contribution in [0.2, 0.25) is 0 Å². The van der Waals surface area contributed by atoms with Crippen molar-refractivity contribution in [2.45, 2.75) is 25.7 Å². The Balaban J connectivity index is 2.20. The standard InChI is InChI=1S/C12H12BrN/c13-12-4-3-10-7-9(5-6-14)1-2-11(10)8-12/h3-4,8-9H,1-2,5,7H2. The predicted octanol–water partition coefficient (Wildman–Crippen LogP) is 3.47. The molecular weight excluding hydrogens is 238 g/mol. The number of halogens is 1. The van der Waals surface area contributed by atoms with Crippen LogP contribution in [0.3, 0.4) is 0 Å². The summed E-state index contributed by atoms with van der Waals surface area (Å²) in [4.78, 5) is 0. The van der Waals surface area contributed by atoms with Crippen molar-refractivity contribution < 1.29 is 0 Å². The van der Waals surface area contributed by atoms with Crippen LogP contribution in [0.5, 0.6) is 0 Å². The van der Waals surface area contributed by atoms with Gasteiger partial charge in [0.25, 0.3) is 0 Å². The maximum absolute atomic E-state index is 8.65. The molecule has 14 heavy (non-hydrogen) atoms. The lowest BCUT2D eigenvalue weighted by molar-refractivity contribution is 0.468. The lowest BCUT2D eigenvalue weighted by atomic mass is 9.83. The van der Waals surface area contributed by atoms with Gasteiger partial charge < -0.3 is 0 Å². The number of nitrogens with zero attached hydrogens (tertiary/aromatic N) is 1. The summed E-state index contributed by atoms with van der Waals surface area (Å²) in [5.74, 6) is 0.577. The van der Waals surface area contributed by atoms with E-state index in [-0.39, 0.29) is 0 Å². The van der Waals surface area contributed by atoms with Gasteiger partial charge in [0.1, 0.15) is 0 Å². The number of hydrogen-bond donors (Lipinski definition) is 0. The molecule has 0 aromatic heterocycles. The Bertz CT molecular complexity index is 378. The van der Waals surface area contributed by atoms with E-state index in [1.807, 2.05) is 0 Å². The van der Waals surface area contributed by atoms with E-state index in [4.69, 9.17) is 5.26 Å². The third-order valence-electron chi connectivity index (χ3n) is 2.88. The second-order valence-corrected chi connectivity index (χ2v) is 4.80. The molecule has 0 bridgehead atoms. The third-order valence-corrected chi connectivity index (χ3v) is 3.37. The lowest BCUT2D eigenvalue weighted by Gasteiger charge is -2.22. The van der Waals surface area contributed by atoms with E-state index >= 15 is 0 Å². The highest BCUT2D eigenvalue weighted by molar-refractivity contribution is 9.10. The number of nitriles is 1. The smallest absolute Gasteiger partial charge is 0.0624 e. The summed E-state index contributed by atoms with van der Waals surface area (Å²) in [5, 5.41) is 8.65. The van der Waals surface area contributed by atoms with Crippen molar-refractivity contribution in [3.05, 3.63) is 33.8 Å². The fraction of sp³-hybridized carbons (Fsp3) is 0.417. The Morgan fingerprint density at radius 3 is 3.07 bits per heavy atom. The van der Waals surface area contributed by atoms with Crippen LogP contribution in [-0.4, -0.2) is 0 Å². The summed E-state index contributed by atoms with van der Waals surface area (Å²) in [6.45, 7) is 0. The van der Waals surface area contributed by atoms with Gasteiger partial charge >= 0.3 is 0 Å². The Morgan fingerprint density at radius 1 is 1.43 bits per heavy atom. The summed E-state index contributed by atoms with van der Waals surface area (Å²) in [6.07, 6.45) is 4.07. The zero-order valence-corrected chi connectivity index (χ0v) is 9.55. The summed E-state index contributed by atoms with van der Waals surface area (Å²) >= 11 is 3.48. The van der Waals surface area contributed by atoms with Crippen LogP contribution in [0, 0.1) is 17.2 Å². The maximum Gasteiger partial charge on any atom is 0.0624 e. The van der Waals surface area contributed by atoms with Crippen molar-refractivity contribution in [2.24, 2.45) is 5.92 Å². The molecule has 1 unspecified atom stereocenters. The van der Waals surface area contributed by atoms with Gasteiger partial charge in [0.15, 0.2) is 0 Å². The molecule has 0 heterocycles. The molecule has 1 aliphatic rings. The number of aryl methyl sites for hydroxylation is 1. The first-order valence-corrected chi connectivity index (χ1v) is 5.73. The molecule has 0 N–H and O–H groups in total. The van der Waals surface area contributed by atoms with Crippen molar-refractivity contribution in [3.63, 3.8) is 0 Å². The minimum atomic E-state index is 0.577. The zero-order valence-electron chi connectivity index (χ0n) is 7.96. The highest BCUT2D eigenvalue weighted by atomic mass is 79.9. The molecule has 1 nitrogen and oxygen atoms in total. The molecule has 72 valence electrons. The molecule has 0 saturated heterocycles. The van der Waals surface area contributed by atoms with Gasteiger partial charge in [0.05, 0.1) is 6.07 Å². The van der Waals surface area contributed by atoms with E-state index in [1.54, 1.807) is 0 Å². The monoisotopic (exact) mass is 249 g/mol. The lowest BCUT2D eigenvalue weighted by Crippen LogP contribution is -2.13. The van der Waals surface area contributed by atoms with Crippen LogP contribution in [0.25, 0.3) is 0 Å². The van der Waals surface area contributed by atoms with Gasteiger partial charge in [-0.25, -0.2) is 0 Å². The molecule has 1 atom stereocenters. The van der Waals surface area contributed by atoms with Gasteiger partial charge in [-0.3, -0.25) is 0 Å². The number of rotatable bonds is 1. The summed E-state index contributed by atoms with van der Waals surface area (Å²) in [5.41, 5.74) is 2.88. The van der Waals surface area contributed by atoms with E-state index in [1.165, 1.54) is 11.1 Å². The van der Waals surface area contributed by atoms with E-state index in [9.17, 15) is 0 Å². The molecule has 0 radical (unpaired) electrons. The van der Waals surface area contributed by atoms with Crippen LogP contribution in [0.1, 0.15) is 24.0 Å². The molecule has 2 rings (SSSR count). The maximum atomic E-state index is 8.65. The highest BCUT2D eigenvalue weighted by Gasteiger charge is 2.18. The molecule has 1 aliphatic carbocycles. The van der Waals surface area contributed by atoms with Crippen molar-refractivity contribution in [3.8, 4) is 6.07 Å². The highest BCUT2D eigenvalue weighted by Crippen LogP contribution is 2.29. The first kappa shape index (κ1) is 9.73. The van der Waals surface area contributed by atoms with Crippen molar-refractivity contribution in [1.29, 1.82) is 5.26 Å². The van der Waals surface area contributed by atoms with E-state index in [0.717, 1.165) is 23.7 Å². The van der Waals surface area contributed by atoms with Gasteiger partial charge in [-0.05, 0) is 48.4 Å². The van der Waals surface area contributed by atoms with Gasteiger partial charge in [-0.2, -0.15) is 5.26 Å². The summed E-state index contributed by atoms with van der Waals surface area (Å²) in [7, 11) is 0. The SMILES string of the molecule is N#CCC1CCc2cc(Br)ccc2C1. The molecule has 0 saturated carbocycles. The van der Waals surface area contributed by atoms with Crippen molar-refractivity contribution >= 4 is 15.9 Å². The molecule has 0 aliphatic heterocycles. The predicted molar refractivity (Wildman–Crippen MR) is 59.9 cm³/mol. The van der Waals surface area contributed by atoms with Crippen LogP contribution in [0.15, 0.2) is 22.7 Å². The normalized spacial score (nSPS) is 19.9. The van der Waals surface area contributed by atoms with Gasteiger partial charge in [0.2, 0.25) is 0 Å². The quantitative estimate of drug-likeness (QED) is 0.748. The summed E-state index contributed by atoms with van der Waals surface area (Å²) < 4.78 is 1.16. The Labute approximate surface area is 92.9 Å². The van der Waals surface area contributed by atoms with Crippen molar-refractivity contribution in [2.75, 3.05) is 0 Å². The van der Waals surface area contributed by atoms with Crippen LogP contribution in [-0.2, 0) is 12.8 Å². The minimum absolute atomic E-state index is 0.577. The first-order valence-electron chi connectivity index (χ1n) is 4.94. The molecule has 1 aromatic carbocycles. The van der Waals surface area contributed by atoms with Crippen LogP contribution < -0.4 is 0 Å². The molecular formula is C12H12BrN. The van der Waals surface area contributed by atoms with Gasteiger partial charge in [-0.1, -0.05) is 22.0 Å². The van der Waals surface area contributed by atoms with E-state index in [2.05, 4.69) is 40.2 Å². The Kier molecular flexibility index (Phi) is 2.88. The Morgan fingerprint density at radius 2 is 2.29 bits per heavy atom. The molecule has 0 amide bonds. The molecule has 0 spiro atoms. The number of hydrogen-bond acceptors (Lipinski definition) is 1. The largest absolute Gasteiger partial charge is 0.198 e. The fourth-order valence-electron chi connectivity index (χ4n) is 2.10. The van der Waals surface area contributed by atoms with E-state index < -0.39 is 0 Å². The summed E-state index contributed by atoms with van der Waals surface area (Å²) in [6, 6.07) is 8.75. The molecule has 0 fully saturated rings. The topological polar surface area (TPSA) is 23.8 Å². The van der Waals surface area contributed by atoms with E-state index in [0.29, 0.717) is 12.3 Å². The number of benzene rings is 1. The fourth-order valence-corrected chi connectivity index (χ4v) is 2.51. The van der Waals surface area contributed by atoms with Crippen molar-refractivity contribution in [1.82, 2.24) is 0 Å². The molecule has 2 heteroatoms. The first-order chi connectivity index (χ1) is 6.79. The average molecular weight is 250 g/mol. The Hall–Kier alpha value is -0.810. The minimum Gasteiger partial charge on any atom is -0.198 e. The average Bonchev–Trinajstić information content (AvgIpc) is 2.19. The van der Waals surface area contributed by atoms with Gasteiger partial charge in [0, 0.05) is 10.9 Å². The number of fused-ring (bicyclic) bond motifs is 1.